The highest BCUT2D eigenvalue weighted by atomic mass is 16.3. The number of benzene rings is 1. The minimum atomic E-state index is 0.855. The zero-order valence-corrected chi connectivity index (χ0v) is 7.16. The van der Waals surface area contributed by atoms with Crippen LogP contribution in [-0.2, 0) is 0 Å². The lowest BCUT2D eigenvalue weighted by Crippen LogP contribution is -1.86. The lowest BCUT2D eigenvalue weighted by molar-refractivity contribution is 0.602. The molecular formula is C10H10NO-. The number of hydrogen-bond donors (Lipinski definition) is 0. The largest absolute Gasteiger partial charge is 0.456 e. The molecule has 0 amide bonds. The Bertz CT molecular complexity index is 389. The molecule has 0 fully saturated rings. The molecule has 1 aromatic heterocycles. The van der Waals surface area contributed by atoms with Crippen molar-refractivity contribution in [2.24, 2.45) is 0 Å². The summed E-state index contributed by atoms with van der Waals surface area (Å²) in [6, 6.07) is 6.04. The third-order valence-electron chi connectivity index (χ3n) is 1.91. The Balaban J connectivity index is 2.60. The van der Waals surface area contributed by atoms with Crippen molar-refractivity contribution in [1.29, 1.82) is 0 Å². The van der Waals surface area contributed by atoms with Crippen LogP contribution in [0.25, 0.3) is 11.1 Å². The predicted octanol–water partition coefficient (Wildman–Crippen LogP) is 2.79. The molecule has 2 nitrogen and oxygen atoms in total. The van der Waals surface area contributed by atoms with Gasteiger partial charge in [-0.25, -0.2) is 4.98 Å². The summed E-state index contributed by atoms with van der Waals surface area (Å²) in [5.41, 5.74) is 2.98. The van der Waals surface area contributed by atoms with E-state index in [2.05, 4.69) is 24.9 Å². The Hall–Kier alpha value is -1.44. The van der Waals surface area contributed by atoms with Crippen LogP contribution in [0.5, 0.6) is 0 Å². The second-order valence-electron chi connectivity index (χ2n) is 3.03. The molecular weight excluding hydrogens is 150 g/mol. The van der Waals surface area contributed by atoms with Crippen LogP contribution in [0.4, 0.5) is 0 Å². The Kier molecular flexibility index (Phi) is 1.54. The van der Waals surface area contributed by atoms with Gasteiger partial charge in [-0.3, -0.25) is 0 Å². The maximum absolute atomic E-state index is 5.18. The summed E-state index contributed by atoms with van der Waals surface area (Å²) < 4.78 is 5.18. The van der Waals surface area contributed by atoms with Crippen LogP contribution >= 0.6 is 0 Å². The van der Waals surface area contributed by atoms with Crippen molar-refractivity contribution in [2.45, 2.75) is 13.8 Å². The summed E-state index contributed by atoms with van der Waals surface area (Å²) in [5, 5.41) is 0. The lowest BCUT2D eigenvalue weighted by Gasteiger charge is -2.13. The van der Waals surface area contributed by atoms with Crippen molar-refractivity contribution in [2.75, 3.05) is 0 Å². The highest BCUT2D eigenvalue weighted by Gasteiger charge is 1.94. The maximum Gasteiger partial charge on any atom is 0.180 e. The molecule has 0 aliphatic heterocycles. The molecule has 2 aromatic rings. The van der Waals surface area contributed by atoms with E-state index < -0.39 is 0 Å². The van der Waals surface area contributed by atoms with Crippen molar-refractivity contribution in [3.05, 3.63) is 36.1 Å². The van der Waals surface area contributed by atoms with E-state index in [0.29, 0.717) is 0 Å². The standard InChI is InChI=1S/C10H10NO/c1-7(2)8-3-4-9-10(5-8)12-6-11-9/h3-6H,1-2H3/q-1. The van der Waals surface area contributed by atoms with Crippen molar-refractivity contribution in [1.82, 2.24) is 4.98 Å². The summed E-state index contributed by atoms with van der Waals surface area (Å²) >= 11 is 0. The number of rotatable bonds is 1. The Morgan fingerprint density at radius 1 is 1.33 bits per heavy atom. The van der Waals surface area contributed by atoms with Gasteiger partial charge in [-0.2, -0.15) is 17.5 Å². The smallest absolute Gasteiger partial charge is 0.180 e. The number of aromatic nitrogens is 1. The summed E-state index contributed by atoms with van der Waals surface area (Å²) in [6.45, 7) is 4.16. The molecule has 0 N–H and O–H groups in total. The van der Waals surface area contributed by atoms with E-state index in [1.807, 2.05) is 12.1 Å². The first-order chi connectivity index (χ1) is 5.77. The van der Waals surface area contributed by atoms with Gasteiger partial charge in [-0.05, 0) is 0 Å². The average molecular weight is 160 g/mol. The highest BCUT2D eigenvalue weighted by Crippen LogP contribution is 2.19. The zero-order valence-electron chi connectivity index (χ0n) is 7.16. The molecule has 0 bridgehead atoms. The fourth-order valence-electron chi connectivity index (χ4n) is 1.17. The third-order valence-corrected chi connectivity index (χ3v) is 1.91. The first-order valence-electron chi connectivity index (χ1n) is 3.91. The number of hydrogen-bond acceptors (Lipinski definition) is 2. The van der Waals surface area contributed by atoms with Crippen molar-refractivity contribution in [3.63, 3.8) is 0 Å². The quantitative estimate of drug-likeness (QED) is 0.599. The molecule has 2 rings (SSSR count). The molecule has 0 atom stereocenters. The van der Waals surface area contributed by atoms with Gasteiger partial charge in [0.05, 0.1) is 11.1 Å². The lowest BCUT2D eigenvalue weighted by atomic mass is 10.0. The number of nitrogens with zero attached hydrogens (tertiary/aromatic N) is 1. The highest BCUT2D eigenvalue weighted by molar-refractivity contribution is 5.73. The second-order valence-corrected chi connectivity index (χ2v) is 3.03. The fraction of sp³-hybridized carbons (Fsp3) is 0.200. The van der Waals surface area contributed by atoms with E-state index in [1.165, 1.54) is 17.9 Å². The van der Waals surface area contributed by atoms with Crippen LogP contribution < -0.4 is 0 Å². The average Bonchev–Trinajstić information content (AvgIpc) is 2.49. The minimum absolute atomic E-state index is 0.855. The summed E-state index contributed by atoms with van der Waals surface area (Å²) in [5.74, 6) is 1.29. The van der Waals surface area contributed by atoms with Crippen molar-refractivity contribution >= 4 is 11.1 Å². The van der Waals surface area contributed by atoms with Gasteiger partial charge in [0.15, 0.2) is 6.39 Å². The molecule has 0 spiro atoms. The third kappa shape index (κ3) is 1.05. The van der Waals surface area contributed by atoms with E-state index in [0.717, 1.165) is 11.1 Å². The van der Waals surface area contributed by atoms with Crippen LogP contribution in [0.15, 0.2) is 29.0 Å². The number of fused-ring (bicyclic) bond motifs is 1. The fourth-order valence-corrected chi connectivity index (χ4v) is 1.17. The summed E-state index contributed by atoms with van der Waals surface area (Å²) in [7, 11) is 0. The molecule has 2 heteroatoms. The van der Waals surface area contributed by atoms with Crippen LogP contribution in [-0.4, -0.2) is 4.98 Å². The second kappa shape index (κ2) is 2.55. The SMILES string of the molecule is C[C-](C)c1ccc2ncoc2c1. The Morgan fingerprint density at radius 2 is 2.17 bits per heavy atom. The zero-order chi connectivity index (χ0) is 8.55. The van der Waals surface area contributed by atoms with Gasteiger partial charge in [0.1, 0.15) is 0 Å². The molecule has 1 heterocycles. The Morgan fingerprint density at radius 3 is 2.92 bits per heavy atom. The number of oxazole rings is 1. The molecule has 0 saturated carbocycles. The van der Waals surface area contributed by atoms with E-state index in [-0.39, 0.29) is 0 Å². The molecule has 12 heavy (non-hydrogen) atoms. The van der Waals surface area contributed by atoms with E-state index >= 15 is 0 Å². The van der Waals surface area contributed by atoms with E-state index in [4.69, 9.17) is 4.42 Å². The first-order valence-corrected chi connectivity index (χ1v) is 3.91. The molecule has 0 unspecified atom stereocenters. The van der Waals surface area contributed by atoms with Gasteiger partial charge < -0.3 is 4.42 Å². The van der Waals surface area contributed by atoms with Gasteiger partial charge in [-0.15, -0.1) is 6.07 Å². The van der Waals surface area contributed by atoms with Crippen LogP contribution in [0.1, 0.15) is 19.4 Å². The van der Waals surface area contributed by atoms with Gasteiger partial charge >= 0.3 is 0 Å². The van der Waals surface area contributed by atoms with Crippen molar-refractivity contribution < 1.29 is 4.42 Å². The first kappa shape index (κ1) is 7.22. The monoisotopic (exact) mass is 160 g/mol. The van der Waals surface area contributed by atoms with Gasteiger partial charge in [0.2, 0.25) is 0 Å². The van der Waals surface area contributed by atoms with Crippen LogP contribution in [0.2, 0.25) is 0 Å². The van der Waals surface area contributed by atoms with E-state index in [1.54, 1.807) is 0 Å². The summed E-state index contributed by atoms with van der Waals surface area (Å²) in [6.07, 6.45) is 1.47. The Labute approximate surface area is 71.2 Å². The normalized spacial score (nSPS) is 10.5. The van der Waals surface area contributed by atoms with E-state index in [9.17, 15) is 0 Å². The molecule has 0 radical (unpaired) electrons. The molecule has 0 aliphatic rings. The maximum atomic E-state index is 5.18. The predicted molar refractivity (Wildman–Crippen MR) is 47.7 cm³/mol. The molecule has 0 aliphatic carbocycles. The minimum Gasteiger partial charge on any atom is -0.456 e. The topological polar surface area (TPSA) is 26.0 Å². The van der Waals surface area contributed by atoms with Crippen LogP contribution in [0.3, 0.4) is 0 Å². The van der Waals surface area contributed by atoms with Crippen molar-refractivity contribution in [3.8, 4) is 0 Å². The van der Waals surface area contributed by atoms with Gasteiger partial charge in [-0.1, -0.05) is 19.9 Å². The van der Waals surface area contributed by atoms with Gasteiger partial charge in [0.25, 0.3) is 0 Å². The van der Waals surface area contributed by atoms with Crippen LogP contribution in [0, 0.1) is 5.92 Å². The summed E-state index contributed by atoms with van der Waals surface area (Å²) in [4.78, 5) is 4.04. The van der Waals surface area contributed by atoms with Gasteiger partial charge in [0, 0.05) is 0 Å². The molecule has 62 valence electrons. The molecule has 0 saturated heterocycles. The molecule has 1 aromatic carbocycles.